The number of hydrogen-bond acceptors (Lipinski definition) is 4. The number of amides is 3. The van der Waals surface area contributed by atoms with E-state index >= 15 is 0 Å². The van der Waals surface area contributed by atoms with Crippen molar-refractivity contribution < 1.29 is 14.4 Å². The van der Waals surface area contributed by atoms with Crippen LogP contribution in [-0.4, -0.2) is 72.8 Å². The van der Waals surface area contributed by atoms with Crippen LogP contribution >= 0.6 is 0 Å². The molecule has 7 nitrogen and oxygen atoms in total. The smallest absolute Gasteiger partial charge is 0.234 e. The van der Waals surface area contributed by atoms with Gasteiger partial charge < -0.3 is 15.5 Å². The van der Waals surface area contributed by atoms with E-state index in [2.05, 4.69) is 15.5 Å². The first kappa shape index (κ1) is 20.7. The molecule has 0 spiro atoms. The molecule has 0 aromatic heterocycles. The maximum atomic E-state index is 12.6. The average molecular weight is 367 g/mol. The van der Waals surface area contributed by atoms with Crippen LogP contribution in [0.2, 0.25) is 0 Å². The van der Waals surface area contributed by atoms with E-state index in [4.69, 9.17) is 0 Å². The summed E-state index contributed by atoms with van der Waals surface area (Å²) in [6, 6.07) is 0.176. The molecule has 2 N–H and O–H groups in total. The summed E-state index contributed by atoms with van der Waals surface area (Å²) in [6.45, 7) is 8.05. The summed E-state index contributed by atoms with van der Waals surface area (Å²) in [5.74, 6) is 0.212. The molecule has 0 bridgehead atoms. The summed E-state index contributed by atoms with van der Waals surface area (Å²) in [4.78, 5) is 40.2. The van der Waals surface area contributed by atoms with Gasteiger partial charge in [-0.3, -0.25) is 19.3 Å². The second-order valence-corrected chi connectivity index (χ2v) is 7.44. The van der Waals surface area contributed by atoms with E-state index in [1.54, 1.807) is 0 Å². The molecule has 2 heterocycles. The Morgan fingerprint density at radius 3 is 2.42 bits per heavy atom. The quantitative estimate of drug-likeness (QED) is 0.696. The summed E-state index contributed by atoms with van der Waals surface area (Å²) in [6.07, 6.45) is 4.94. The fraction of sp³-hybridized carbons (Fsp3) is 0.842. The van der Waals surface area contributed by atoms with Gasteiger partial charge in [0.2, 0.25) is 17.7 Å². The number of hydrogen-bond donors (Lipinski definition) is 2. The highest BCUT2D eigenvalue weighted by Gasteiger charge is 2.30. The molecule has 0 aromatic rings. The lowest BCUT2D eigenvalue weighted by molar-refractivity contribution is -0.136. The first-order valence-electron chi connectivity index (χ1n) is 10.1. The summed E-state index contributed by atoms with van der Waals surface area (Å²) in [7, 11) is 0. The fourth-order valence-corrected chi connectivity index (χ4v) is 3.72. The highest BCUT2D eigenvalue weighted by molar-refractivity contribution is 5.81. The maximum Gasteiger partial charge on any atom is 0.234 e. The van der Waals surface area contributed by atoms with Crippen molar-refractivity contribution in [1.29, 1.82) is 0 Å². The third-order valence-corrected chi connectivity index (χ3v) is 5.32. The molecular formula is C19H34N4O3. The average Bonchev–Trinajstić information content (AvgIpc) is 2.67. The minimum Gasteiger partial charge on any atom is -0.355 e. The van der Waals surface area contributed by atoms with Gasteiger partial charge in [-0.1, -0.05) is 13.8 Å². The molecule has 2 fully saturated rings. The van der Waals surface area contributed by atoms with Gasteiger partial charge in [-0.25, -0.2) is 0 Å². The molecule has 3 amide bonds. The number of carbonyl (C=O) groups is 3. The summed E-state index contributed by atoms with van der Waals surface area (Å²) >= 11 is 0. The number of carbonyl (C=O) groups excluding carboxylic acids is 3. The zero-order chi connectivity index (χ0) is 18.9. The molecule has 7 heteroatoms. The number of nitrogens with zero attached hydrogens (tertiary/aromatic N) is 2. The molecule has 148 valence electrons. The van der Waals surface area contributed by atoms with E-state index in [0.717, 1.165) is 58.3 Å². The largest absolute Gasteiger partial charge is 0.355 e. The maximum absolute atomic E-state index is 12.6. The van der Waals surface area contributed by atoms with Crippen LogP contribution in [0.15, 0.2) is 0 Å². The zero-order valence-electron chi connectivity index (χ0n) is 16.3. The lowest BCUT2D eigenvalue weighted by Gasteiger charge is -2.35. The van der Waals surface area contributed by atoms with Crippen LogP contribution < -0.4 is 10.6 Å². The van der Waals surface area contributed by atoms with Crippen LogP contribution in [0.25, 0.3) is 0 Å². The van der Waals surface area contributed by atoms with E-state index in [1.165, 1.54) is 0 Å². The monoisotopic (exact) mass is 366 g/mol. The molecule has 2 rings (SSSR count). The van der Waals surface area contributed by atoms with E-state index in [1.807, 2.05) is 18.7 Å². The van der Waals surface area contributed by atoms with Crippen molar-refractivity contribution in [2.45, 2.75) is 58.4 Å². The Balaban J connectivity index is 1.70. The van der Waals surface area contributed by atoms with Gasteiger partial charge in [-0.15, -0.1) is 0 Å². The molecule has 2 aliphatic heterocycles. The van der Waals surface area contributed by atoms with E-state index in [0.29, 0.717) is 19.5 Å². The number of nitrogens with one attached hydrogen (secondary N) is 2. The number of rotatable bonds is 7. The molecule has 0 aromatic carbocycles. The van der Waals surface area contributed by atoms with Crippen LogP contribution in [0.1, 0.15) is 52.4 Å². The Kier molecular flexibility index (Phi) is 8.35. The third-order valence-electron chi connectivity index (χ3n) is 5.32. The predicted molar refractivity (Wildman–Crippen MR) is 101 cm³/mol. The minimum atomic E-state index is -0.0860. The van der Waals surface area contributed by atoms with Gasteiger partial charge in [0.1, 0.15) is 0 Å². The van der Waals surface area contributed by atoms with Gasteiger partial charge in [0.25, 0.3) is 0 Å². The Morgan fingerprint density at radius 1 is 1.04 bits per heavy atom. The van der Waals surface area contributed by atoms with Gasteiger partial charge in [0, 0.05) is 45.2 Å². The van der Waals surface area contributed by atoms with Crippen molar-refractivity contribution in [3.8, 4) is 0 Å². The lowest BCUT2D eigenvalue weighted by Crippen LogP contribution is -2.51. The van der Waals surface area contributed by atoms with Gasteiger partial charge >= 0.3 is 0 Å². The van der Waals surface area contributed by atoms with Crippen molar-refractivity contribution in [3.63, 3.8) is 0 Å². The van der Waals surface area contributed by atoms with Gasteiger partial charge in [-0.2, -0.15) is 0 Å². The molecule has 0 aliphatic carbocycles. The highest BCUT2D eigenvalue weighted by Crippen LogP contribution is 2.19. The van der Waals surface area contributed by atoms with Crippen molar-refractivity contribution >= 4 is 17.7 Å². The highest BCUT2D eigenvalue weighted by atomic mass is 16.2. The van der Waals surface area contributed by atoms with Gasteiger partial charge in [0.15, 0.2) is 0 Å². The lowest BCUT2D eigenvalue weighted by atomic mass is 9.95. The van der Waals surface area contributed by atoms with Crippen molar-refractivity contribution in [2.24, 2.45) is 5.92 Å². The van der Waals surface area contributed by atoms with Crippen LogP contribution in [0, 0.1) is 5.92 Å². The molecule has 0 saturated carbocycles. The normalized spacial score (nSPS) is 22.1. The van der Waals surface area contributed by atoms with Crippen LogP contribution in [0.5, 0.6) is 0 Å². The Labute approximate surface area is 156 Å². The number of likely N-dealkylation sites (tertiary alicyclic amines) is 2. The van der Waals surface area contributed by atoms with E-state index in [9.17, 15) is 14.4 Å². The van der Waals surface area contributed by atoms with Gasteiger partial charge in [-0.05, 0) is 32.1 Å². The van der Waals surface area contributed by atoms with Crippen molar-refractivity contribution in [3.05, 3.63) is 0 Å². The Bertz CT molecular complexity index is 489. The third kappa shape index (κ3) is 6.27. The van der Waals surface area contributed by atoms with E-state index < -0.39 is 0 Å². The minimum absolute atomic E-state index is 0.0808. The van der Waals surface area contributed by atoms with Crippen molar-refractivity contribution in [2.75, 3.05) is 39.3 Å². The predicted octanol–water partition coefficient (Wildman–Crippen LogP) is 0.742. The summed E-state index contributed by atoms with van der Waals surface area (Å²) in [5, 5.41) is 6.07. The molecule has 2 saturated heterocycles. The van der Waals surface area contributed by atoms with Crippen molar-refractivity contribution in [1.82, 2.24) is 20.4 Å². The molecule has 1 unspecified atom stereocenters. The van der Waals surface area contributed by atoms with Crippen LogP contribution in [-0.2, 0) is 14.4 Å². The zero-order valence-corrected chi connectivity index (χ0v) is 16.3. The number of piperidine rings is 2. The molecular weight excluding hydrogens is 332 g/mol. The molecule has 2 aliphatic rings. The fourth-order valence-electron chi connectivity index (χ4n) is 3.72. The SMILES string of the molecule is CCCNC(=O)CN1CCC(NC(=O)C2CCCN(C(=O)CC)C2)CC1. The Morgan fingerprint density at radius 2 is 1.77 bits per heavy atom. The summed E-state index contributed by atoms with van der Waals surface area (Å²) < 4.78 is 0. The van der Waals surface area contributed by atoms with Crippen LogP contribution in [0.4, 0.5) is 0 Å². The second-order valence-electron chi connectivity index (χ2n) is 7.44. The molecule has 26 heavy (non-hydrogen) atoms. The van der Waals surface area contributed by atoms with Gasteiger partial charge in [0.05, 0.1) is 12.5 Å². The first-order valence-corrected chi connectivity index (χ1v) is 10.1. The standard InChI is InChI=1S/C19H34N4O3/c1-3-9-20-17(24)14-22-11-7-16(8-12-22)21-19(26)15-6-5-10-23(13-15)18(25)4-2/h15-16H,3-14H2,1-2H3,(H,20,24)(H,21,26). The molecule has 1 atom stereocenters. The topological polar surface area (TPSA) is 81.8 Å². The van der Waals surface area contributed by atoms with E-state index in [-0.39, 0.29) is 29.7 Å². The molecule has 0 radical (unpaired) electrons. The first-order chi connectivity index (χ1) is 12.5. The summed E-state index contributed by atoms with van der Waals surface area (Å²) in [5.41, 5.74) is 0. The van der Waals surface area contributed by atoms with Crippen LogP contribution in [0.3, 0.4) is 0 Å². The second kappa shape index (κ2) is 10.5. The Hall–Kier alpha value is -1.63.